The predicted molar refractivity (Wildman–Crippen MR) is 67.3 cm³/mol. The van der Waals surface area contributed by atoms with Gasteiger partial charge in [0.15, 0.2) is 6.54 Å². The van der Waals surface area contributed by atoms with Crippen molar-refractivity contribution in [1.82, 2.24) is 4.57 Å². The van der Waals surface area contributed by atoms with Crippen molar-refractivity contribution >= 4 is 23.0 Å². The Labute approximate surface area is 105 Å². The molecule has 0 amide bonds. The van der Waals surface area contributed by atoms with E-state index < -0.39 is 0 Å². The van der Waals surface area contributed by atoms with Crippen LogP contribution in [0.3, 0.4) is 0 Å². The van der Waals surface area contributed by atoms with Gasteiger partial charge in [0.05, 0.1) is 20.2 Å². The maximum Gasteiger partial charge on any atom is 0.358 e. The standard InChI is InChI=1S/C13H15N3O2/c1-18-12(17)9-16-11-6-3-2-5-10(11)15-8-4-7-14-13(15)16/h2-3,5-6H,4,7-9H2,1H3/p+1. The SMILES string of the molecule is COC(=O)Cn1c2[n+](c3ccccc31)CCCN2. The molecular weight excluding hydrogens is 230 g/mol. The van der Waals surface area contributed by atoms with E-state index >= 15 is 0 Å². The lowest BCUT2D eigenvalue weighted by Crippen LogP contribution is -2.42. The second-order valence-electron chi connectivity index (χ2n) is 4.41. The van der Waals surface area contributed by atoms with Crippen molar-refractivity contribution in [2.75, 3.05) is 19.0 Å². The number of benzene rings is 1. The highest BCUT2D eigenvalue weighted by Gasteiger charge is 2.27. The van der Waals surface area contributed by atoms with Gasteiger partial charge in [-0.1, -0.05) is 12.1 Å². The number of para-hydroxylation sites is 2. The molecule has 0 saturated heterocycles. The number of esters is 1. The molecule has 1 aliphatic rings. The number of aryl methyl sites for hydroxylation is 1. The molecule has 1 aliphatic heterocycles. The zero-order valence-electron chi connectivity index (χ0n) is 10.3. The van der Waals surface area contributed by atoms with Crippen LogP contribution in [0, 0.1) is 0 Å². The molecule has 5 nitrogen and oxygen atoms in total. The van der Waals surface area contributed by atoms with Crippen molar-refractivity contribution in [3.63, 3.8) is 0 Å². The van der Waals surface area contributed by atoms with Gasteiger partial charge in [0.1, 0.15) is 11.0 Å². The number of hydrogen-bond acceptors (Lipinski definition) is 3. The summed E-state index contributed by atoms with van der Waals surface area (Å²) in [5.74, 6) is 0.763. The van der Waals surface area contributed by atoms with Crippen LogP contribution in [0.15, 0.2) is 24.3 Å². The molecule has 1 aromatic heterocycles. The van der Waals surface area contributed by atoms with Crippen LogP contribution in [0.4, 0.5) is 5.95 Å². The number of anilines is 1. The van der Waals surface area contributed by atoms with Crippen molar-refractivity contribution in [1.29, 1.82) is 0 Å². The molecule has 2 aromatic rings. The number of imidazole rings is 1. The molecular formula is C13H16N3O2+. The largest absolute Gasteiger partial charge is 0.467 e. The normalized spacial score (nSPS) is 14.1. The lowest BCUT2D eigenvalue weighted by Gasteiger charge is -2.11. The Morgan fingerprint density at radius 3 is 3.17 bits per heavy atom. The van der Waals surface area contributed by atoms with Crippen molar-refractivity contribution in [3.8, 4) is 0 Å². The molecule has 0 bridgehead atoms. The molecule has 0 radical (unpaired) electrons. The second kappa shape index (κ2) is 4.33. The summed E-state index contributed by atoms with van der Waals surface area (Å²) in [6.07, 6.45) is 1.10. The maximum atomic E-state index is 11.5. The Balaban J connectivity index is 2.19. The molecule has 0 fully saturated rings. The van der Waals surface area contributed by atoms with E-state index in [4.69, 9.17) is 4.74 Å². The Kier molecular flexibility index (Phi) is 2.66. The number of fused-ring (bicyclic) bond motifs is 3. The highest BCUT2D eigenvalue weighted by atomic mass is 16.5. The zero-order valence-corrected chi connectivity index (χ0v) is 10.3. The third kappa shape index (κ3) is 1.63. The highest BCUT2D eigenvalue weighted by Crippen LogP contribution is 2.20. The van der Waals surface area contributed by atoms with Gasteiger partial charge in [-0.3, -0.25) is 5.32 Å². The zero-order chi connectivity index (χ0) is 12.5. The van der Waals surface area contributed by atoms with E-state index in [1.54, 1.807) is 0 Å². The van der Waals surface area contributed by atoms with Crippen LogP contribution in [-0.2, 0) is 22.6 Å². The molecule has 1 N–H and O–H groups in total. The quantitative estimate of drug-likeness (QED) is 0.633. The fourth-order valence-electron chi connectivity index (χ4n) is 2.50. The number of methoxy groups -OCH3 is 1. The van der Waals surface area contributed by atoms with Crippen LogP contribution in [-0.4, -0.2) is 24.2 Å². The Morgan fingerprint density at radius 2 is 2.33 bits per heavy atom. The average molecular weight is 246 g/mol. The fraction of sp³-hybridized carbons (Fsp3) is 0.385. The second-order valence-corrected chi connectivity index (χ2v) is 4.41. The number of nitrogens with zero attached hydrogens (tertiary/aromatic N) is 2. The number of nitrogens with one attached hydrogen (secondary N) is 1. The minimum absolute atomic E-state index is 0.230. The molecule has 94 valence electrons. The topological polar surface area (TPSA) is 47.1 Å². The van der Waals surface area contributed by atoms with E-state index in [1.165, 1.54) is 7.11 Å². The van der Waals surface area contributed by atoms with Gasteiger partial charge in [-0.15, -0.1) is 0 Å². The lowest BCUT2D eigenvalue weighted by molar-refractivity contribution is -0.661. The smallest absolute Gasteiger partial charge is 0.358 e. The summed E-state index contributed by atoms with van der Waals surface area (Å²) in [4.78, 5) is 11.5. The highest BCUT2D eigenvalue weighted by molar-refractivity contribution is 5.78. The number of hydrogen-bond donors (Lipinski definition) is 1. The van der Waals surface area contributed by atoms with Gasteiger partial charge >= 0.3 is 11.9 Å². The lowest BCUT2D eigenvalue weighted by atomic mass is 10.3. The van der Waals surface area contributed by atoms with Gasteiger partial charge in [0.2, 0.25) is 0 Å². The maximum absolute atomic E-state index is 11.5. The summed E-state index contributed by atoms with van der Waals surface area (Å²) in [7, 11) is 1.42. The van der Waals surface area contributed by atoms with E-state index in [2.05, 4.69) is 16.0 Å². The van der Waals surface area contributed by atoms with Gasteiger partial charge in [0, 0.05) is 6.42 Å². The molecule has 3 rings (SSSR count). The number of ether oxygens (including phenoxy) is 1. The number of rotatable bonds is 2. The summed E-state index contributed by atoms with van der Waals surface area (Å²) >= 11 is 0. The van der Waals surface area contributed by atoms with Crippen LogP contribution in [0.5, 0.6) is 0 Å². The summed E-state index contributed by atoms with van der Waals surface area (Å²) < 4.78 is 8.98. The first-order valence-electron chi connectivity index (χ1n) is 6.13. The summed E-state index contributed by atoms with van der Waals surface area (Å²) in [5, 5.41) is 3.37. The molecule has 18 heavy (non-hydrogen) atoms. The van der Waals surface area contributed by atoms with Crippen molar-refractivity contribution in [2.24, 2.45) is 0 Å². The van der Waals surface area contributed by atoms with E-state index in [-0.39, 0.29) is 12.5 Å². The molecule has 5 heteroatoms. The van der Waals surface area contributed by atoms with Crippen LogP contribution in [0.25, 0.3) is 11.0 Å². The first kappa shape index (κ1) is 11.1. The van der Waals surface area contributed by atoms with Gasteiger partial charge < -0.3 is 4.74 Å². The number of carbonyl (C=O) groups is 1. The minimum Gasteiger partial charge on any atom is -0.467 e. The first-order valence-corrected chi connectivity index (χ1v) is 6.13. The first-order chi connectivity index (χ1) is 8.81. The third-order valence-electron chi connectivity index (χ3n) is 3.33. The molecule has 0 saturated carbocycles. The Morgan fingerprint density at radius 1 is 1.50 bits per heavy atom. The minimum atomic E-state index is -0.230. The molecule has 0 unspecified atom stereocenters. The monoisotopic (exact) mass is 246 g/mol. The van der Waals surface area contributed by atoms with Gasteiger partial charge in [-0.25, -0.2) is 13.9 Å². The Hall–Kier alpha value is -2.04. The Bertz CT molecular complexity index is 604. The van der Waals surface area contributed by atoms with E-state index in [1.807, 2.05) is 22.8 Å². The fourth-order valence-corrected chi connectivity index (χ4v) is 2.50. The van der Waals surface area contributed by atoms with Crippen LogP contribution >= 0.6 is 0 Å². The van der Waals surface area contributed by atoms with Gasteiger partial charge in [-0.05, 0) is 12.1 Å². The predicted octanol–water partition coefficient (Wildman–Crippen LogP) is 0.917. The molecule has 1 aromatic carbocycles. The molecule has 2 heterocycles. The molecule has 0 spiro atoms. The van der Waals surface area contributed by atoms with E-state index in [0.717, 1.165) is 36.5 Å². The number of carbonyl (C=O) groups excluding carboxylic acids is 1. The molecule has 0 atom stereocenters. The van der Waals surface area contributed by atoms with Crippen LogP contribution in [0.1, 0.15) is 6.42 Å². The summed E-state index contributed by atoms with van der Waals surface area (Å²) in [5.41, 5.74) is 2.22. The number of aromatic nitrogens is 2. The van der Waals surface area contributed by atoms with Gasteiger partial charge in [-0.2, -0.15) is 0 Å². The third-order valence-corrected chi connectivity index (χ3v) is 3.33. The van der Waals surface area contributed by atoms with Crippen LogP contribution in [0.2, 0.25) is 0 Å². The van der Waals surface area contributed by atoms with Crippen LogP contribution < -0.4 is 9.88 Å². The van der Waals surface area contributed by atoms with Gasteiger partial charge in [0.25, 0.3) is 0 Å². The summed E-state index contributed by atoms with van der Waals surface area (Å²) in [6.45, 7) is 2.17. The van der Waals surface area contributed by atoms with E-state index in [0.29, 0.717) is 0 Å². The van der Waals surface area contributed by atoms with Crippen molar-refractivity contribution in [2.45, 2.75) is 19.5 Å². The average Bonchev–Trinajstić information content (AvgIpc) is 2.74. The van der Waals surface area contributed by atoms with Crippen molar-refractivity contribution in [3.05, 3.63) is 24.3 Å². The summed E-state index contributed by atoms with van der Waals surface area (Å²) in [6, 6.07) is 8.12. The molecule has 0 aliphatic carbocycles. The van der Waals surface area contributed by atoms with E-state index in [9.17, 15) is 4.79 Å². The van der Waals surface area contributed by atoms with Crippen molar-refractivity contribution < 1.29 is 14.1 Å².